The van der Waals surface area contributed by atoms with Gasteiger partial charge in [0, 0.05) is 13.1 Å². The average molecular weight is 214 g/mol. The fourth-order valence-corrected chi connectivity index (χ4v) is 1.79. The van der Waals surface area contributed by atoms with Gasteiger partial charge >= 0.3 is 5.97 Å². The van der Waals surface area contributed by atoms with Gasteiger partial charge in [-0.15, -0.1) is 0 Å². The first-order valence-corrected chi connectivity index (χ1v) is 5.33. The van der Waals surface area contributed by atoms with E-state index in [4.69, 9.17) is 10.8 Å². The second-order valence-electron chi connectivity index (χ2n) is 3.98. The largest absolute Gasteiger partial charge is 0.481 e. The van der Waals surface area contributed by atoms with Gasteiger partial charge in [0.15, 0.2) is 0 Å². The van der Waals surface area contributed by atoms with Gasteiger partial charge in [0.2, 0.25) is 5.91 Å². The molecule has 3 N–H and O–H groups in total. The van der Waals surface area contributed by atoms with Gasteiger partial charge in [-0.25, -0.2) is 0 Å². The maximum Gasteiger partial charge on any atom is 0.308 e. The van der Waals surface area contributed by atoms with Gasteiger partial charge in [-0.3, -0.25) is 9.59 Å². The van der Waals surface area contributed by atoms with Crippen molar-refractivity contribution < 1.29 is 14.7 Å². The molecule has 5 nitrogen and oxygen atoms in total. The Morgan fingerprint density at radius 1 is 1.60 bits per heavy atom. The number of amides is 1. The second-order valence-corrected chi connectivity index (χ2v) is 3.98. The molecule has 0 aromatic carbocycles. The number of carbonyl (C=O) groups is 2. The van der Waals surface area contributed by atoms with Crippen molar-refractivity contribution in [2.45, 2.75) is 32.2 Å². The van der Waals surface area contributed by atoms with E-state index in [1.165, 1.54) is 0 Å². The van der Waals surface area contributed by atoms with Gasteiger partial charge in [-0.2, -0.15) is 0 Å². The molecule has 0 aromatic rings. The Hall–Kier alpha value is -1.10. The van der Waals surface area contributed by atoms with Crippen molar-refractivity contribution in [1.82, 2.24) is 4.90 Å². The van der Waals surface area contributed by atoms with E-state index in [1.807, 2.05) is 6.92 Å². The molecule has 0 aliphatic carbocycles. The summed E-state index contributed by atoms with van der Waals surface area (Å²) in [6.45, 7) is 2.79. The van der Waals surface area contributed by atoms with Crippen molar-refractivity contribution >= 4 is 11.9 Å². The Bertz CT molecular complexity index is 255. The highest BCUT2D eigenvalue weighted by Crippen LogP contribution is 2.17. The summed E-state index contributed by atoms with van der Waals surface area (Å²) in [6.07, 6.45) is 1.99. The van der Waals surface area contributed by atoms with Gasteiger partial charge in [0.25, 0.3) is 0 Å². The molecule has 1 amide bonds. The summed E-state index contributed by atoms with van der Waals surface area (Å²) in [7, 11) is 0. The molecule has 1 saturated heterocycles. The van der Waals surface area contributed by atoms with E-state index in [1.54, 1.807) is 4.90 Å². The smallest absolute Gasteiger partial charge is 0.308 e. The number of carbonyl (C=O) groups excluding carboxylic acids is 1. The molecule has 0 radical (unpaired) electrons. The lowest BCUT2D eigenvalue weighted by molar-refractivity contribution is -0.146. The van der Waals surface area contributed by atoms with Crippen molar-refractivity contribution in [1.29, 1.82) is 0 Å². The summed E-state index contributed by atoms with van der Waals surface area (Å²) >= 11 is 0. The molecule has 0 spiro atoms. The normalized spacial score (nSPS) is 23.6. The molecular formula is C10H18N2O3. The molecule has 0 bridgehead atoms. The summed E-state index contributed by atoms with van der Waals surface area (Å²) in [5, 5.41) is 8.86. The number of piperidine rings is 1. The molecule has 15 heavy (non-hydrogen) atoms. The minimum atomic E-state index is -0.822. The molecule has 1 aliphatic heterocycles. The fraction of sp³-hybridized carbons (Fsp3) is 0.800. The Kier molecular flexibility index (Phi) is 4.08. The highest BCUT2D eigenvalue weighted by atomic mass is 16.4. The van der Waals surface area contributed by atoms with E-state index in [2.05, 4.69) is 0 Å². The van der Waals surface area contributed by atoms with Crippen LogP contribution in [0.1, 0.15) is 26.2 Å². The summed E-state index contributed by atoms with van der Waals surface area (Å²) in [5.74, 6) is -1.37. The van der Waals surface area contributed by atoms with Crippen LogP contribution in [0.25, 0.3) is 0 Å². The number of rotatable bonds is 3. The van der Waals surface area contributed by atoms with Crippen molar-refractivity contribution in [3.8, 4) is 0 Å². The molecule has 0 aromatic heterocycles. The summed E-state index contributed by atoms with van der Waals surface area (Å²) in [5.41, 5.74) is 5.63. The molecule has 0 saturated carbocycles. The lowest BCUT2D eigenvalue weighted by atomic mass is 9.97. The molecule has 1 aliphatic rings. The zero-order valence-corrected chi connectivity index (χ0v) is 8.98. The van der Waals surface area contributed by atoms with Crippen LogP contribution in [0, 0.1) is 5.92 Å². The molecule has 1 heterocycles. The number of likely N-dealkylation sites (tertiary alicyclic amines) is 1. The molecule has 1 rings (SSSR count). The van der Waals surface area contributed by atoms with Crippen LogP contribution in [0.15, 0.2) is 0 Å². The van der Waals surface area contributed by atoms with Crippen LogP contribution in [0.4, 0.5) is 0 Å². The van der Waals surface area contributed by atoms with Gasteiger partial charge in [0.05, 0.1) is 12.0 Å². The molecule has 1 fully saturated rings. The van der Waals surface area contributed by atoms with Crippen LogP contribution in [-0.2, 0) is 9.59 Å². The first kappa shape index (κ1) is 12.0. The third kappa shape index (κ3) is 2.92. The quantitative estimate of drug-likeness (QED) is 0.695. The van der Waals surface area contributed by atoms with Crippen molar-refractivity contribution in [2.24, 2.45) is 11.7 Å². The maximum absolute atomic E-state index is 11.7. The van der Waals surface area contributed by atoms with E-state index >= 15 is 0 Å². The average Bonchev–Trinajstić information content (AvgIpc) is 2.27. The summed E-state index contributed by atoms with van der Waals surface area (Å²) in [6, 6.07) is -0.488. The number of hydrogen-bond donors (Lipinski definition) is 2. The second kappa shape index (κ2) is 5.11. The molecule has 86 valence electrons. The van der Waals surface area contributed by atoms with E-state index < -0.39 is 17.9 Å². The predicted molar refractivity (Wildman–Crippen MR) is 55.2 cm³/mol. The summed E-state index contributed by atoms with van der Waals surface area (Å²) < 4.78 is 0. The number of carboxylic acid groups (broad SMARTS) is 1. The number of nitrogens with zero attached hydrogens (tertiary/aromatic N) is 1. The topological polar surface area (TPSA) is 83.6 Å². The lowest BCUT2D eigenvalue weighted by Gasteiger charge is -2.32. The Balaban J connectivity index is 2.56. The fourth-order valence-electron chi connectivity index (χ4n) is 1.79. The lowest BCUT2D eigenvalue weighted by Crippen LogP contribution is -2.49. The van der Waals surface area contributed by atoms with Crippen molar-refractivity contribution in [3.05, 3.63) is 0 Å². The van der Waals surface area contributed by atoms with E-state index in [9.17, 15) is 9.59 Å². The zero-order chi connectivity index (χ0) is 11.4. The van der Waals surface area contributed by atoms with E-state index in [0.29, 0.717) is 25.9 Å². The minimum absolute atomic E-state index is 0.122. The first-order chi connectivity index (χ1) is 7.06. The van der Waals surface area contributed by atoms with Gasteiger partial charge < -0.3 is 15.7 Å². The van der Waals surface area contributed by atoms with Crippen LogP contribution in [0.2, 0.25) is 0 Å². The molecule has 5 heteroatoms. The van der Waals surface area contributed by atoms with Gasteiger partial charge in [-0.1, -0.05) is 6.92 Å². The maximum atomic E-state index is 11.7. The molecule has 2 atom stereocenters. The van der Waals surface area contributed by atoms with E-state index in [0.717, 1.165) is 6.42 Å². The van der Waals surface area contributed by atoms with Crippen LogP contribution in [0.5, 0.6) is 0 Å². The SMILES string of the molecule is CC[C@H](N)C(=O)N1CCC[C@H](C(=O)O)C1. The van der Waals surface area contributed by atoms with Crippen molar-refractivity contribution in [3.63, 3.8) is 0 Å². The van der Waals surface area contributed by atoms with Crippen LogP contribution in [-0.4, -0.2) is 41.0 Å². The number of nitrogens with two attached hydrogens (primary N) is 1. The number of carboxylic acids is 1. The van der Waals surface area contributed by atoms with Crippen LogP contribution >= 0.6 is 0 Å². The number of hydrogen-bond acceptors (Lipinski definition) is 3. The number of aliphatic carboxylic acids is 1. The zero-order valence-electron chi connectivity index (χ0n) is 8.98. The predicted octanol–water partition coefficient (Wildman–Crippen LogP) is 0.0469. The van der Waals surface area contributed by atoms with Crippen LogP contribution < -0.4 is 5.73 Å². The van der Waals surface area contributed by atoms with Gasteiger partial charge in [0.1, 0.15) is 0 Å². The standard InChI is InChI=1S/C10H18N2O3/c1-2-8(11)9(13)12-5-3-4-7(6-12)10(14)15/h7-8H,2-6,11H2,1H3,(H,14,15)/t7-,8-/m0/s1. The first-order valence-electron chi connectivity index (χ1n) is 5.33. The Morgan fingerprint density at radius 2 is 2.27 bits per heavy atom. The molecule has 0 unspecified atom stereocenters. The Labute approximate surface area is 89.2 Å². The molecular weight excluding hydrogens is 196 g/mol. The third-order valence-corrected chi connectivity index (χ3v) is 2.84. The highest BCUT2D eigenvalue weighted by molar-refractivity contribution is 5.82. The van der Waals surface area contributed by atoms with Crippen molar-refractivity contribution in [2.75, 3.05) is 13.1 Å². The summed E-state index contributed by atoms with van der Waals surface area (Å²) in [4.78, 5) is 24.1. The van der Waals surface area contributed by atoms with Crippen LogP contribution in [0.3, 0.4) is 0 Å². The highest BCUT2D eigenvalue weighted by Gasteiger charge is 2.29. The monoisotopic (exact) mass is 214 g/mol. The van der Waals surface area contributed by atoms with Gasteiger partial charge in [-0.05, 0) is 19.3 Å². The third-order valence-electron chi connectivity index (χ3n) is 2.84. The minimum Gasteiger partial charge on any atom is -0.481 e. The Morgan fingerprint density at radius 3 is 2.80 bits per heavy atom. The van der Waals surface area contributed by atoms with E-state index in [-0.39, 0.29) is 5.91 Å².